The van der Waals surface area contributed by atoms with Crippen molar-refractivity contribution >= 4 is 34.5 Å². The van der Waals surface area contributed by atoms with Crippen molar-refractivity contribution in [3.63, 3.8) is 0 Å². The smallest absolute Gasteiger partial charge is 0.319 e. The van der Waals surface area contributed by atoms with Gasteiger partial charge in [0.15, 0.2) is 0 Å². The first-order valence-corrected chi connectivity index (χ1v) is 6.77. The average molecular weight is 277 g/mol. The zero-order chi connectivity index (χ0) is 14.0. The highest BCUT2D eigenvalue weighted by molar-refractivity contribution is 8.00. The number of carboxylic acids is 1. The maximum atomic E-state index is 11.0. The van der Waals surface area contributed by atoms with E-state index in [0.717, 1.165) is 10.9 Å². The van der Waals surface area contributed by atoms with Crippen molar-refractivity contribution in [2.24, 2.45) is 0 Å². The second-order valence-electron chi connectivity index (χ2n) is 4.65. The third-order valence-electron chi connectivity index (χ3n) is 2.76. The van der Waals surface area contributed by atoms with Gasteiger partial charge in [-0.05, 0) is 26.0 Å². The molecule has 0 radical (unpaired) electrons. The van der Waals surface area contributed by atoms with Crippen LogP contribution in [-0.2, 0) is 10.5 Å². The Morgan fingerprint density at radius 2 is 2.05 bits per heavy atom. The van der Waals surface area contributed by atoms with Crippen LogP contribution in [0.5, 0.6) is 0 Å². The van der Waals surface area contributed by atoms with Crippen molar-refractivity contribution < 1.29 is 9.90 Å². The Balaban J connectivity index is 2.25. The van der Waals surface area contributed by atoms with E-state index in [4.69, 9.17) is 10.8 Å². The SMILES string of the molecule is CC(C)(SCc1nc(N)c2ccccc2n1)C(=O)O. The normalized spacial score (nSPS) is 11.7. The fraction of sp³-hybridized carbons (Fsp3) is 0.308. The Morgan fingerprint density at radius 1 is 1.37 bits per heavy atom. The molecule has 2 aromatic rings. The van der Waals surface area contributed by atoms with Crippen LogP contribution < -0.4 is 5.73 Å². The molecule has 0 unspecified atom stereocenters. The van der Waals surface area contributed by atoms with Crippen LogP contribution in [0.2, 0.25) is 0 Å². The highest BCUT2D eigenvalue weighted by atomic mass is 32.2. The van der Waals surface area contributed by atoms with Crippen molar-refractivity contribution in [2.45, 2.75) is 24.3 Å². The van der Waals surface area contributed by atoms with Gasteiger partial charge in [0, 0.05) is 5.39 Å². The Kier molecular flexibility index (Phi) is 3.61. The van der Waals surface area contributed by atoms with Crippen molar-refractivity contribution in [1.82, 2.24) is 9.97 Å². The van der Waals surface area contributed by atoms with Crippen LogP contribution in [0.3, 0.4) is 0 Å². The number of hydrogen-bond donors (Lipinski definition) is 2. The summed E-state index contributed by atoms with van der Waals surface area (Å²) in [7, 11) is 0. The minimum atomic E-state index is -0.871. The van der Waals surface area contributed by atoms with Crippen LogP contribution in [-0.4, -0.2) is 25.8 Å². The summed E-state index contributed by atoms with van der Waals surface area (Å²) in [6.45, 7) is 3.31. The number of fused-ring (bicyclic) bond motifs is 1. The van der Waals surface area contributed by atoms with E-state index in [2.05, 4.69) is 9.97 Å². The first-order chi connectivity index (χ1) is 8.90. The summed E-state index contributed by atoms with van der Waals surface area (Å²) in [5.41, 5.74) is 6.66. The molecule has 1 aromatic heterocycles. The number of carboxylic acid groups (broad SMARTS) is 1. The largest absolute Gasteiger partial charge is 0.480 e. The van der Waals surface area contributed by atoms with Crippen LogP contribution in [0.25, 0.3) is 10.9 Å². The molecule has 0 aliphatic heterocycles. The fourth-order valence-electron chi connectivity index (χ4n) is 1.52. The number of para-hydroxylation sites is 1. The molecule has 100 valence electrons. The van der Waals surface area contributed by atoms with Crippen molar-refractivity contribution in [2.75, 3.05) is 5.73 Å². The van der Waals surface area contributed by atoms with Gasteiger partial charge in [-0.3, -0.25) is 4.79 Å². The second kappa shape index (κ2) is 5.05. The average Bonchev–Trinajstić information content (AvgIpc) is 2.36. The standard InChI is InChI=1S/C13H15N3O2S/c1-13(2,12(17)18)19-7-10-15-9-6-4-3-5-8(9)11(14)16-10/h3-6H,7H2,1-2H3,(H,17,18)(H2,14,15,16). The van der Waals surface area contributed by atoms with Gasteiger partial charge in [-0.1, -0.05) is 12.1 Å². The Labute approximate surface area is 115 Å². The Morgan fingerprint density at radius 3 is 2.74 bits per heavy atom. The summed E-state index contributed by atoms with van der Waals surface area (Å²) in [5.74, 6) is 0.532. The number of benzene rings is 1. The van der Waals surface area contributed by atoms with Crippen LogP contribution in [0.15, 0.2) is 24.3 Å². The molecule has 1 aromatic carbocycles. The van der Waals surface area contributed by atoms with Gasteiger partial charge >= 0.3 is 5.97 Å². The van der Waals surface area contributed by atoms with Gasteiger partial charge in [0.1, 0.15) is 16.4 Å². The third kappa shape index (κ3) is 2.96. The lowest BCUT2D eigenvalue weighted by Gasteiger charge is -2.17. The maximum absolute atomic E-state index is 11.0. The Bertz CT molecular complexity index is 628. The van der Waals surface area contributed by atoms with Gasteiger partial charge in [0.25, 0.3) is 0 Å². The Hall–Kier alpha value is -1.82. The van der Waals surface area contributed by atoms with Crippen molar-refractivity contribution in [3.05, 3.63) is 30.1 Å². The summed E-state index contributed by atoms with van der Waals surface area (Å²) >= 11 is 1.28. The number of rotatable bonds is 4. The molecule has 3 N–H and O–H groups in total. The van der Waals surface area contributed by atoms with Crippen molar-refractivity contribution in [3.8, 4) is 0 Å². The molecule has 5 nitrogen and oxygen atoms in total. The number of carbonyl (C=O) groups is 1. The van der Waals surface area contributed by atoms with Crippen LogP contribution in [0.4, 0.5) is 5.82 Å². The van der Waals surface area contributed by atoms with Crippen LogP contribution in [0.1, 0.15) is 19.7 Å². The van der Waals surface area contributed by atoms with Crippen molar-refractivity contribution in [1.29, 1.82) is 0 Å². The van der Waals surface area contributed by atoms with Gasteiger partial charge in [-0.25, -0.2) is 9.97 Å². The highest BCUT2D eigenvalue weighted by Crippen LogP contribution is 2.28. The van der Waals surface area contributed by atoms with E-state index in [-0.39, 0.29) is 0 Å². The molecule has 0 amide bonds. The third-order valence-corrected chi connectivity index (χ3v) is 4.06. The molecule has 0 bridgehead atoms. The number of aliphatic carboxylic acids is 1. The van der Waals surface area contributed by atoms with Gasteiger partial charge < -0.3 is 10.8 Å². The van der Waals surface area contributed by atoms with E-state index >= 15 is 0 Å². The molecule has 0 aliphatic rings. The molecule has 0 atom stereocenters. The number of anilines is 1. The van der Waals surface area contributed by atoms with Gasteiger partial charge in [0.2, 0.25) is 0 Å². The maximum Gasteiger partial charge on any atom is 0.319 e. The number of aromatic nitrogens is 2. The van der Waals surface area contributed by atoms with E-state index in [9.17, 15) is 4.79 Å². The van der Waals surface area contributed by atoms with Crippen LogP contribution >= 0.6 is 11.8 Å². The second-order valence-corrected chi connectivity index (χ2v) is 6.24. The minimum Gasteiger partial charge on any atom is -0.480 e. The van der Waals surface area contributed by atoms with E-state index in [1.807, 2.05) is 24.3 Å². The lowest BCUT2D eigenvalue weighted by molar-refractivity contribution is -0.138. The van der Waals surface area contributed by atoms with Gasteiger partial charge in [0.05, 0.1) is 11.3 Å². The lowest BCUT2D eigenvalue weighted by atomic mass is 10.2. The monoisotopic (exact) mass is 277 g/mol. The van der Waals surface area contributed by atoms with E-state index in [0.29, 0.717) is 17.4 Å². The van der Waals surface area contributed by atoms with Crippen LogP contribution in [0, 0.1) is 0 Å². The predicted octanol–water partition coefficient (Wildman–Crippen LogP) is 2.31. The topological polar surface area (TPSA) is 89.1 Å². The number of hydrogen-bond acceptors (Lipinski definition) is 5. The highest BCUT2D eigenvalue weighted by Gasteiger charge is 2.28. The molecule has 0 aliphatic carbocycles. The molecule has 0 saturated heterocycles. The van der Waals surface area contributed by atoms with E-state index in [1.54, 1.807) is 13.8 Å². The zero-order valence-electron chi connectivity index (χ0n) is 10.8. The van der Waals surface area contributed by atoms with E-state index in [1.165, 1.54) is 11.8 Å². The van der Waals surface area contributed by atoms with E-state index < -0.39 is 10.7 Å². The summed E-state index contributed by atoms with van der Waals surface area (Å²) < 4.78 is -0.871. The molecule has 1 heterocycles. The van der Waals surface area contributed by atoms with Gasteiger partial charge in [-0.15, -0.1) is 11.8 Å². The number of nitrogen functional groups attached to an aromatic ring is 1. The number of nitrogens with zero attached hydrogens (tertiary/aromatic N) is 2. The summed E-state index contributed by atoms with van der Waals surface area (Å²) in [6.07, 6.45) is 0. The summed E-state index contributed by atoms with van der Waals surface area (Å²) in [4.78, 5) is 19.6. The summed E-state index contributed by atoms with van der Waals surface area (Å²) in [6, 6.07) is 7.49. The first-order valence-electron chi connectivity index (χ1n) is 5.78. The molecule has 0 fully saturated rings. The number of nitrogens with two attached hydrogens (primary N) is 1. The predicted molar refractivity (Wildman–Crippen MR) is 77.0 cm³/mol. The minimum absolute atomic E-state index is 0.411. The number of thioether (sulfide) groups is 1. The molecular formula is C13H15N3O2S. The lowest BCUT2D eigenvalue weighted by Crippen LogP contribution is -2.27. The molecule has 6 heteroatoms. The molecular weight excluding hydrogens is 262 g/mol. The van der Waals surface area contributed by atoms with Gasteiger partial charge in [-0.2, -0.15) is 0 Å². The molecule has 0 saturated carbocycles. The fourth-order valence-corrected chi connectivity index (χ4v) is 2.26. The first kappa shape index (κ1) is 13.6. The quantitative estimate of drug-likeness (QED) is 0.891. The molecule has 2 rings (SSSR count). The zero-order valence-corrected chi connectivity index (χ0v) is 11.6. The molecule has 0 spiro atoms. The summed E-state index contributed by atoms with van der Waals surface area (Å²) in [5, 5.41) is 9.87. The molecule has 19 heavy (non-hydrogen) atoms.